The molecule has 0 bridgehead atoms. The first-order chi connectivity index (χ1) is 11.2. The van der Waals surface area contributed by atoms with Gasteiger partial charge in [0, 0.05) is 5.56 Å². The van der Waals surface area contributed by atoms with E-state index in [-0.39, 0.29) is 0 Å². The zero-order valence-corrected chi connectivity index (χ0v) is 13.4. The van der Waals surface area contributed by atoms with Crippen LogP contribution in [0.15, 0.2) is 42.5 Å². The minimum Gasteiger partial charge on any atom is -0.489 e. The highest BCUT2D eigenvalue weighted by Crippen LogP contribution is 2.44. The second-order valence-electron chi connectivity index (χ2n) is 5.76. The number of carbonyl (C=O) groups is 1. The molecule has 1 aliphatic rings. The van der Waals surface area contributed by atoms with E-state index in [0.717, 1.165) is 11.3 Å². The van der Waals surface area contributed by atoms with Crippen LogP contribution in [0.1, 0.15) is 35.4 Å². The van der Waals surface area contributed by atoms with E-state index in [0.29, 0.717) is 18.3 Å². The lowest BCUT2D eigenvalue weighted by molar-refractivity contribution is 0.120. The van der Waals surface area contributed by atoms with Gasteiger partial charge in [-0.2, -0.15) is 0 Å². The van der Waals surface area contributed by atoms with Crippen molar-refractivity contribution in [2.24, 2.45) is 0 Å². The second kappa shape index (κ2) is 6.73. The quantitative estimate of drug-likeness (QED) is 0.598. The standard InChI is InChI=1S/C19H20O4/c1-13-6-10-15(11-7-13)22-12-17-16(14-8-9-14)4-3-5-18(17)23-19(20)21-2/h3-7,10-11,14H,8-9,12H2,1-2H3. The summed E-state index contributed by atoms with van der Waals surface area (Å²) in [5.41, 5.74) is 3.30. The van der Waals surface area contributed by atoms with Crippen molar-refractivity contribution in [2.45, 2.75) is 32.3 Å². The number of hydrogen-bond acceptors (Lipinski definition) is 4. The molecule has 1 aliphatic carbocycles. The van der Waals surface area contributed by atoms with Gasteiger partial charge in [0.1, 0.15) is 18.1 Å². The van der Waals surface area contributed by atoms with Crippen LogP contribution in [0.2, 0.25) is 0 Å². The smallest absolute Gasteiger partial charge is 0.489 e. The Balaban J connectivity index is 1.82. The normalized spacial score (nSPS) is 13.5. The van der Waals surface area contributed by atoms with Gasteiger partial charge in [0.15, 0.2) is 0 Å². The van der Waals surface area contributed by atoms with Gasteiger partial charge in [-0.3, -0.25) is 0 Å². The summed E-state index contributed by atoms with van der Waals surface area (Å²) < 4.78 is 15.8. The van der Waals surface area contributed by atoms with Gasteiger partial charge in [0.25, 0.3) is 0 Å². The van der Waals surface area contributed by atoms with E-state index in [2.05, 4.69) is 10.8 Å². The third kappa shape index (κ3) is 3.83. The van der Waals surface area contributed by atoms with Crippen molar-refractivity contribution >= 4 is 6.16 Å². The lowest BCUT2D eigenvalue weighted by Crippen LogP contribution is -2.11. The molecule has 120 valence electrons. The van der Waals surface area contributed by atoms with Crippen LogP contribution in [0, 0.1) is 6.92 Å². The summed E-state index contributed by atoms with van der Waals surface area (Å²) in [6, 6.07) is 13.7. The number of rotatable bonds is 5. The number of hydrogen-bond donors (Lipinski definition) is 0. The molecule has 0 spiro atoms. The molecule has 0 saturated heterocycles. The highest BCUT2D eigenvalue weighted by atomic mass is 16.7. The van der Waals surface area contributed by atoms with Crippen molar-refractivity contribution in [3.63, 3.8) is 0 Å². The monoisotopic (exact) mass is 312 g/mol. The summed E-state index contributed by atoms with van der Waals surface area (Å²) in [5, 5.41) is 0. The summed E-state index contributed by atoms with van der Waals surface area (Å²) >= 11 is 0. The van der Waals surface area contributed by atoms with Gasteiger partial charge in [-0.05, 0) is 49.4 Å². The summed E-state index contributed by atoms with van der Waals surface area (Å²) in [6.45, 7) is 2.40. The molecular formula is C19H20O4. The Kier molecular flexibility index (Phi) is 4.51. The van der Waals surface area contributed by atoms with Gasteiger partial charge in [0.05, 0.1) is 7.11 Å². The molecule has 1 fully saturated rings. The number of carbonyl (C=O) groups excluding carboxylic acids is 1. The largest absolute Gasteiger partial charge is 0.513 e. The Labute approximate surface area is 136 Å². The molecule has 0 aromatic heterocycles. The van der Waals surface area contributed by atoms with Gasteiger partial charge in [-0.1, -0.05) is 29.8 Å². The van der Waals surface area contributed by atoms with Gasteiger partial charge < -0.3 is 14.2 Å². The molecule has 0 aliphatic heterocycles. The maximum absolute atomic E-state index is 11.5. The van der Waals surface area contributed by atoms with Crippen LogP contribution in [0.3, 0.4) is 0 Å². The Hall–Kier alpha value is -2.49. The predicted molar refractivity (Wildman–Crippen MR) is 87.0 cm³/mol. The van der Waals surface area contributed by atoms with Crippen LogP contribution in [0.25, 0.3) is 0 Å². The Morgan fingerprint density at radius 2 is 1.87 bits per heavy atom. The average Bonchev–Trinajstić information content (AvgIpc) is 3.39. The molecule has 0 N–H and O–H groups in total. The number of methoxy groups -OCH3 is 1. The fourth-order valence-corrected chi connectivity index (χ4v) is 2.53. The number of aryl methyl sites for hydroxylation is 1. The Bertz CT molecular complexity index is 687. The van der Waals surface area contributed by atoms with E-state index < -0.39 is 6.16 Å². The highest BCUT2D eigenvalue weighted by Gasteiger charge is 2.28. The lowest BCUT2D eigenvalue weighted by Gasteiger charge is -2.15. The molecule has 2 aromatic carbocycles. The molecular weight excluding hydrogens is 292 g/mol. The molecule has 0 radical (unpaired) electrons. The van der Waals surface area contributed by atoms with E-state index in [4.69, 9.17) is 9.47 Å². The average molecular weight is 312 g/mol. The van der Waals surface area contributed by atoms with Crippen LogP contribution >= 0.6 is 0 Å². The first kappa shape index (κ1) is 15.4. The first-order valence-corrected chi connectivity index (χ1v) is 7.74. The van der Waals surface area contributed by atoms with Crippen LogP contribution in [0.5, 0.6) is 11.5 Å². The molecule has 2 aromatic rings. The summed E-state index contributed by atoms with van der Waals surface area (Å²) in [5.74, 6) is 1.84. The molecule has 0 heterocycles. The summed E-state index contributed by atoms with van der Waals surface area (Å²) in [6.07, 6.45) is 1.62. The Morgan fingerprint density at radius 1 is 1.13 bits per heavy atom. The third-order valence-corrected chi connectivity index (χ3v) is 3.95. The van der Waals surface area contributed by atoms with Crippen molar-refractivity contribution < 1.29 is 19.0 Å². The molecule has 0 unspecified atom stereocenters. The van der Waals surface area contributed by atoms with E-state index in [9.17, 15) is 4.79 Å². The van der Waals surface area contributed by atoms with E-state index in [1.54, 1.807) is 6.07 Å². The zero-order valence-electron chi connectivity index (χ0n) is 13.4. The summed E-state index contributed by atoms with van der Waals surface area (Å²) in [4.78, 5) is 11.5. The highest BCUT2D eigenvalue weighted by molar-refractivity contribution is 5.64. The van der Waals surface area contributed by atoms with Gasteiger partial charge in [-0.25, -0.2) is 4.79 Å². The van der Waals surface area contributed by atoms with Crippen molar-refractivity contribution in [1.82, 2.24) is 0 Å². The molecule has 0 atom stereocenters. The third-order valence-electron chi connectivity index (χ3n) is 3.95. The minimum atomic E-state index is -0.713. The van der Waals surface area contributed by atoms with Crippen molar-refractivity contribution in [1.29, 1.82) is 0 Å². The van der Waals surface area contributed by atoms with E-state index in [1.165, 1.54) is 31.1 Å². The van der Waals surface area contributed by atoms with E-state index in [1.807, 2.05) is 37.3 Å². The summed E-state index contributed by atoms with van der Waals surface area (Å²) in [7, 11) is 1.30. The molecule has 3 rings (SSSR count). The van der Waals surface area contributed by atoms with Crippen LogP contribution in [0.4, 0.5) is 4.79 Å². The zero-order chi connectivity index (χ0) is 16.2. The van der Waals surface area contributed by atoms with Crippen molar-refractivity contribution in [3.05, 3.63) is 59.2 Å². The fourth-order valence-electron chi connectivity index (χ4n) is 2.53. The number of benzene rings is 2. The number of ether oxygens (including phenoxy) is 3. The Morgan fingerprint density at radius 3 is 2.52 bits per heavy atom. The van der Waals surface area contributed by atoms with Crippen molar-refractivity contribution in [2.75, 3.05) is 7.11 Å². The van der Waals surface area contributed by atoms with Crippen LogP contribution < -0.4 is 9.47 Å². The molecule has 1 saturated carbocycles. The van der Waals surface area contributed by atoms with Gasteiger partial charge in [-0.15, -0.1) is 0 Å². The lowest BCUT2D eigenvalue weighted by atomic mass is 10.0. The molecule has 0 amide bonds. The molecule has 4 heteroatoms. The maximum Gasteiger partial charge on any atom is 0.513 e. The van der Waals surface area contributed by atoms with Gasteiger partial charge in [0.2, 0.25) is 0 Å². The van der Waals surface area contributed by atoms with Crippen molar-refractivity contribution in [3.8, 4) is 11.5 Å². The maximum atomic E-state index is 11.5. The topological polar surface area (TPSA) is 44.8 Å². The first-order valence-electron chi connectivity index (χ1n) is 7.74. The second-order valence-corrected chi connectivity index (χ2v) is 5.76. The molecule has 4 nitrogen and oxygen atoms in total. The minimum absolute atomic E-state index is 0.363. The SMILES string of the molecule is COC(=O)Oc1cccc(C2CC2)c1COc1ccc(C)cc1. The van der Waals surface area contributed by atoms with Gasteiger partial charge >= 0.3 is 6.16 Å². The fraction of sp³-hybridized carbons (Fsp3) is 0.316. The van der Waals surface area contributed by atoms with Crippen LogP contribution in [-0.4, -0.2) is 13.3 Å². The molecule has 23 heavy (non-hydrogen) atoms. The predicted octanol–water partition coefficient (Wildman–Crippen LogP) is 4.60. The van der Waals surface area contributed by atoms with Crippen LogP contribution in [-0.2, 0) is 11.3 Å². The van der Waals surface area contributed by atoms with E-state index >= 15 is 0 Å².